The van der Waals surface area contributed by atoms with Crippen LogP contribution in [0.15, 0.2) is 0 Å². The molecular formula is C12H21NO2. The van der Waals surface area contributed by atoms with Gasteiger partial charge in [0.15, 0.2) is 0 Å². The van der Waals surface area contributed by atoms with Gasteiger partial charge in [0.2, 0.25) is 5.91 Å². The van der Waals surface area contributed by atoms with Crippen molar-refractivity contribution in [2.24, 2.45) is 5.92 Å². The molecule has 2 aliphatic rings. The van der Waals surface area contributed by atoms with Crippen LogP contribution in [0.25, 0.3) is 0 Å². The normalized spacial score (nSPS) is 24.3. The van der Waals surface area contributed by atoms with Gasteiger partial charge >= 0.3 is 0 Å². The van der Waals surface area contributed by atoms with E-state index in [1.807, 2.05) is 0 Å². The Morgan fingerprint density at radius 3 is 2.47 bits per heavy atom. The topological polar surface area (TPSA) is 38.3 Å². The molecule has 1 aliphatic heterocycles. The Hall–Kier alpha value is -0.570. The molecule has 2 rings (SSSR count). The van der Waals surface area contributed by atoms with Gasteiger partial charge in [0.05, 0.1) is 0 Å². The summed E-state index contributed by atoms with van der Waals surface area (Å²) in [6, 6.07) is 0.470. The molecule has 1 heterocycles. The first-order valence-corrected chi connectivity index (χ1v) is 6.21. The van der Waals surface area contributed by atoms with Crippen LogP contribution in [0.5, 0.6) is 0 Å². The molecule has 0 bridgehead atoms. The molecule has 1 N–H and O–H groups in total. The monoisotopic (exact) mass is 211 g/mol. The van der Waals surface area contributed by atoms with E-state index in [-0.39, 0.29) is 5.91 Å². The summed E-state index contributed by atoms with van der Waals surface area (Å²) in [6.07, 6.45) is 7.74. The van der Waals surface area contributed by atoms with Crippen LogP contribution < -0.4 is 5.32 Å². The summed E-state index contributed by atoms with van der Waals surface area (Å²) in [7, 11) is 0. The van der Waals surface area contributed by atoms with Crippen LogP contribution in [0, 0.1) is 5.92 Å². The van der Waals surface area contributed by atoms with Gasteiger partial charge in [-0.1, -0.05) is 12.8 Å². The molecule has 0 spiro atoms. The number of hydrogen-bond acceptors (Lipinski definition) is 2. The van der Waals surface area contributed by atoms with Crippen molar-refractivity contribution in [3.63, 3.8) is 0 Å². The lowest BCUT2D eigenvalue weighted by Crippen LogP contribution is -2.34. The van der Waals surface area contributed by atoms with E-state index in [1.165, 1.54) is 25.7 Å². The summed E-state index contributed by atoms with van der Waals surface area (Å²) >= 11 is 0. The van der Waals surface area contributed by atoms with E-state index < -0.39 is 0 Å². The molecule has 1 saturated carbocycles. The molecule has 0 unspecified atom stereocenters. The Balaban J connectivity index is 1.66. The van der Waals surface area contributed by atoms with Crippen LogP contribution in [-0.2, 0) is 9.53 Å². The Morgan fingerprint density at radius 1 is 1.13 bits per heavy atom. The minimum atomic E-state index is 0.258. The highest BCUT2D eigenvalue weighted by Gasteiger charge is 2.21. The van der Waals surface area contributed by atoms with Gasteiger partial charge in [-0.25, -0.2) is 0 Å². The summed E-state index contributed by atoms with van der Waals surface area (Å²) in [4.78, 5) is 11.7. The molecule has 2 fully saturated rings. The number of hydrogen-bond donors (Lipinski definition) is 1. The molecule has 0 atom stereocenters. The molecule has 0 aromatic carbocycles. The molecule has 3 heteroatoms. The maximum Gasteiger partial charge on any atom is 0.220 e. The summed E-state index contributed by atoms with van der Waals surface area (Å²) in [6.45, 7) is 1.67. The van der Waals surface area contributed by atoms with Crippen LogP contribution in [-0.4, -0.2) is 25.2 Å². The third kappa shape index (κ3) is 3.49. The molecule has 1 saturated heterocycles. The summed E-state index contributed by atoms with van der Waals surface area (Å²) in [5.74, 6) is 0.814. The molecule has 1 amide bonds. The van der Waals surface area contributed by atoms with Crippen molar-refractivity contribution in [3.8, 4) is 0 Å². The maximum absolute atomic E-state index is 11.7. The number of carbonyl (C=O) groups is 1. The first kappa shape index (κ1) is 10.9. The molecule has 15 heavy (non-hydrogen) atoms. The van der Waals surface area contributed by atoms with E-state index in [1.54, 1.807) is 0 Å². The second-order valence-electron chi connectivity index (χ2n) is 4.81. The van der Waals surface area contributed by atoms with Crippen molar-refractivity contribution in [1.82, 2.24) is 5.32 Å². The van der Waals surface area contributed by atoms with Gasteiger partial charge in [-0.3, -0.25) is 4.79 Å². The maximum atomic E-state index is 11.7. The fourth-order valence-corrected chi connectivity index (χ4v) is 2.57. The minimum Gasteiger partial charge on any atom is -0.381 e. The largest absolute Gasteiger partial charge is 0.381 e. The number of ether oxygens (including phenoxy) is 1. The Bertz CT molecular complexity index is 206. The molecule has 0 aromatic heterocycles. The Labute approximate surface area is 91.6 Å². The highest BCUT2D eigenvalue weighted by atomic mass is 16.5. The second kappa shape index (κ2) is 5.50. The van der Waals surface area contributed by atoms with Crippen LogP contribution in [0.3, 0.4) is 0 Å². The standard InChI is InChI=1S/C12H21NO2/c14-12(13-11-3-1-2-4-11)9-10-5-7-15-8-6-10/h10-11H,1-9H2,(H,13,14). The van der Waals surface area contributed by atoms with Crippen LogP contribution in [0.4, 0.5) is 0 Å². The SMILES string of the molecule is O=C(CC1CCOCC1)NC1CCCC1. The van der Waals surface area contributed by atoms with E-state index in [0.717, 1.165) is 26.1 Å². The van der Waals surface area contributed by atoms with Gasteiger partial charge in [0.1, 0.15) is 0 Å². The van der Waals surface area contributed by atoms with Crippen molar-refractivity contribution >= 4 is 5.91 Å². The zero-order chi connectivity index (χ0) is 10.5. The molecule has 3 nitrogen and oxygen atoms in total. The Kier molecular flexibility index (Phi) is 4.01. The van der Waals surface area contributed by atoms with Crippen molar-refractivity contribution in [2.75, 3.05) is 13.2 Å². The number of nitrogens with one attached hydrogen (secondary N) is 1. The molecule has 0 radical (unpaired) electrons. The second-order valence-corrected chi connectivity index (χ2v) is 4.81. The van der Waals surface area contributed by atoms with Crippen LogP contribution in [0.1, 0.15) is 44.9 Å². The molecule has 0 aromatic rings. The van der Waals surface area contributed by atoms with Crippen molar-refractivity contribution in [2.45, 2.75) is 51.0 Å². The van der Waals surface area contributed by atoms with E-state index in [9.17, 15) is 4.79 Å². The lowest BCUT2D eigenvalue weighted by molar-refractivity contribution is -0.123. The van der Waals surface area contributed by atoms with Gasteiger partial charge in [-0.05, 0) is 31.6 Å². The van der Waals surface area contributed by atoms with E-state index in [0.29, 0.717) is 18.4 Å². The predicted octanol–water partition coefficient (Wildman–Crippen LogP) is 1.86. The fraction of sp³-hybridized carbons (Fsp3) is 0.917. The number of carbonyl (C=O) groups excluding carboxylic acids is 1. The van der Waals surface area contributed by atoms with E-state index in [2.05, 4.69) is 5.32 Å². The van der Waals surface area contributed by atoms with Crippen molar-refractivity contribution < 1.29 is 9.53 Å². The fourth-order valence-electron chi connectivity index (χ4n) is 2.57. The van der Waals surface area contributed by atoms with Crippen LogP contribution >= 0.6 is 0 Å². The minimum absolute atomic E-state index is 0.258. The predicted molar refractivity (Wildman–Crippen MR) is 58.6 cm³/mol. The lowest BCUT2D eigenvalue weighted by Gasteiger charge is -2.22. The van der Waals surface area contributed by atoms with Gasteiger partial charge < -0.3 is 10.1 Å². The van der Waals surface area contributed by atoms with Gasteiger partial charge in [0, 0.05) is 25.7 Å². The van der Waals surface area contributed by atoms with Gasteiger partial charge in [-0.15, -0.1) is 0 Å². The van der Waals surface area contributed by atoms with E-state index in [4.69, 9.17) is 4.74 Å². The quantitative estimate of drug-likeness (QED) is 0.774. The zero-order valence-corrected chi connectivity index (χ0v) is 9.34. The first-order valence-electron chi connectivity index (χ1n) is 6.21. The van der Waals surface area contributed by atoms with Crippen molar-refractivity contribution in [3.05, 3.63) is 0 Å². The summed E-state index contributed by atoms with van der Waals surface area (Å²) in [5, 5.41) is 3.15. The molecular weight excluding hydrogens is 190 g/mol. The summed E-state index contributed by atoms with van der Waals surface area (Å²) in [5.41, 5.74) is 0. The lowest BCUT2D eigenvalue weighted by atomic mass is 9.96. The van der Waals surface area contributed by atoms with Gasteiger partial charge in [0.25, 0.3) is 0 Å². The molecule has 86 valence electrons. The van der Waals surface area contributed by atoms with Crippen molar-refractivity contribution in [1.29, 1.82) is 0 Å². The van der Waals surface area contributed by atoms with Gasteiger partial charge in [-0.2, -0.15) is 0 Å². The first-order chi connectivity index (χ1) is 7.34. The zero-order valence-electron chi connectivity index (χ0n) is 9.34. The summed E-state index contributed by atoms with van der Waals surface area (Å²) < 4.78 is 5.28. The average Bonchev–Trinajstić information content (AvgIpc) is 2.71. The number of rotatable bonds is 3. The van der Waals surface area contributed by atoms with Crippen LogP contribution in [0.2, 0.25) is 0 Å². The Morgan fingerprint density at radius 2 is 1.80 bits per heavy atom. The smallest absolute Gasteiger partial charge is 0.220 e. The van der Waals surface area contributed by atoms with E-state index >= 15 is 0 Å². The highest BCUT2D eigenvalue weighted by Crippen LogP contribution is 2.20. The highest BCUT2D eigenvalue weighted by molar-refractivity contribution is 5.76. The third-order valence-corrected chi connectivity index (χ3v) is 3.54. The average molecular weight is 211 g/mol. The third-order valence-electron chi connectivity index (χ3n) is 3.54. The molecule has 1 aliphatic carbocycles. The number of amides is 1.